The molecule has 92 valence electrons. The lowest BCUT2D eigenvalue weighted by molar-refractivity contribution is 0.0690. The quantitative estimate of drug-likeness (QED) is 0.909. The molecule has 0 radical (unpaired) electrons. The summed E-state index contributed by atoms with van der Waals surface area (Å²) in [4.78, 5) is 14.6. The van der Waals surface area contributed by atoms with E-state index in [2.05, 4.69) is 26.2 Å². The average molecular weight is 307 g/mol. The van der Waals surface area contributed by atoms with Crippen LogP contribution in [0.2, 0.25) is 0 Å². The number of rotatable bonds is 3. The Morgan fingerprint density at radius 1 is 1.33 bits per heavy atom. The summed E-state index contributed by atoms with van der Waals surface area (Å²) in [6.45, 7) is 1.99. The zero-order chi connectivity index (χ0) is 13.1. The van der Waals surface area contributed by atoms with Gasteiger partial charge in [0.25, 0.3) is 0 Å². The molecule has 1 aromatic carbocycles. The molecule has 1 aromatic heterocycles. The largest absolute Gasteiger partial charge is 0.477 e. The van der Waals surface area contributed by atoms with Crippen LogP contribution in [0.5, 0.6) is 0 Å². The van der Waals surface area contributed by atoms with E-state index in [1.54, 1.807) is 6.07 Å². The van der Waals surface area contributed by atoms with Crippen molar-refractivity contribution in [3.63, 3.8) is 0 Å². The van der Waals surface area contributed by atoms with Crippen molar-refractivity contribution in [2.45, 2.75) is 6.92 Å². The van der Waals surface area contributed by atoms with Crippen molar-refractivity contribution >= 4 is 33.3 Å². The number of aryl methyl sites for hydroxylation is 1. The van der Waals surface area contributed by atoms with Crippen molar-refractivity contribution in [3.8, 4) is 0 Å². The van der Waals surface area contributed by atoms with Gasteiger partial charge < -0.3 is 10.4 Å². The number of aromatic nitrogens is 1. The van der Waals surface area contributed by atoms with Gasteiger partial charge in [0.05, 0.1) is 5.69 Å². The summed E-state index contributed by atoms with van der Waals surface area (Å²) in [7, 11) is 0. The third-order valence-corrected chi connectivity index (χ3v) is 3.07. The second-order valence-electron chi connectivity index (χ2n) is 3.84. The Morgan fingerprint density at radius 2 is 2.11 bits per heavy atom. The number of carboxylic acid groups (broad SMARTS) is 1. The lowest BCUT2D eigenvalue weighted by atomic mass is 10.2. The molecule has 2 N–H and O–H groups in total. The van der Waals surface area contributed by atoms with Crippen LogP contribution in [0, 0.1) is 6.92 Å². The first-order valence-corrected chi connectivity index (χ1v) is 6.08. The highest BCUT2D eigenvalue weighted by atomic mass is 79.9. The molecule has 0 bridgehead atoms. The van der Waals surface area contributed by atoms with Gasteiger partial charge in [0.1, 0.15) is 5.69 Å². The molecule has 0 atom stereocenters. The minimum Gasteiger partial charge on any atom is -0.477 e. The first kappa shape index (κ1) is 12.6. The van der Waals surface area contributed by atoms with E-state index in [4.69, 9.17) is 5.11 Å². The molecule has 0 saturated heterocycles. The first-order chi connectivity index (χ1) is 8.56. The maximum absolute atomic E-state index is 10.8. The van der Waals surface area contributed by atoms with Gasteiger partial charge in [-0.2, -0.15) is 0 Å². The Bertz CT molecular complexity index is 599. The molecule has 2 aromatic rings. The lowest BCUT2D eigenvalue weighted by Crippen LogP contribution is -2.01. The van der Waals surface area contributed by atoms with Crippen LogP contribution in [0.3, 0.4) is 0 Å². The molecule has 1 heterocycles. The predicted octanol–water partition coefficient (Wildman–Crippen LogP) is 3.59. The van der Waals surface area contributed by atoms with E-state index in [1.165, 1.54) is 12.3 Å². The third kappa shape index (κ3) is 2.87. The van der Waals surface area contributed by atoms with E-state index in [0.717, 1.165) is 15.7 Å². The number of benzene rings is 1. The van der Waals surface area contributed by atoms with Gasteiger partial charge in [-0.3, -0.25) is 0 Å². The summed E-state index contributed by atoms with van der Waals surface area (Å²) >= 11 is 3.44. The maximum atomic E-state index is 10.8. The van der Waals surface area contributed by atoms with Crippen LogP contribution in [0.1, 0.15) is 16.1 Å². The number of carbonyl (C=O) groups is 1. The molecule has 2 rings (SSSR count). The second-order valence-corrected chi connectivity index (χ2v) is 4.70. The average Bonchev–Trinajstić information content (AvgIpc) is 2.34. The number of hydrogen-bond acceptors (Lipinski definition) is 3. The van der Waals surface area contributed by atoms with Crippen LogP contribution in [-0.4, -0.2) is 16.1 Å². The number of halogens is 1. The fourth-order valence-electron chi connectivity index (χ4n) is 1.52. The van der Waals surface area contributed by atoms with Gasteiger partial charge in [-0.05, 0) is 52.7 Å². The minimum atomic E-state index is -1.04. The Labute approximate surface area is 113 Å². The molecular weight excluding hydrogens is 296 g/mol. The second kappa shape index (κ2) is 5.18. The summed E-state index contributed by atoms with van der Waals surface area (Å²) in [6.07, 6.45) is 1.47. The predicted molar refractivity (Wildman–Crippen MR) is 73.4 cm³/mol. The van der Waals surface area contributed by atoms with Crippen LogP contribution in [0.25, 0.3) is 0 Å². The standard InChI is InChI=1S/C13H11BrN2O2/c1-8-2-3-10(14)11(6-8)16-9-4-5-15-12(7-9)13(17)18/h2-7H,1H3,(H,15,16)(H,17,18). The Morgan fingerprint density at radius 3 is 2.83 bits per heavy atom. The Balaban J connectivity index is 2.31. The molecule has 4 nitrogen and oxygen atoms in total. The van der Waals surface area contributed by atoms with Gasteiger partial charge in [-0.1, -0.05) is 6.07 Å². The number of aromatic carboxylic acids is 1. The van der Waals surface area contributed by atoms with E-state index in [0.29, 0.717) is 5.69 Å². The zero-order valence-electron chi connectivity index (χ0n) is 9.64. The number of pyridine rings is 1. The number of hydrogen-bond donors (Lipinski definition) is 2. The Kier molecular flexibility index (Phi) is 3.62. The summed E-state index contributed by atoms with van der Waals surface area (Å²) in [6, 6.07) is 9.13. The van der Waals surface area contributed by atoms with Gasteiger partial charge in [0.15, 0.2) is 0 Å². The van der Waals surface area contributed by atoms with Crippen LogP contribution >= 0.6 is 15.9 Å². The molecule has 0 saturated carbocycles. The van der Waals surface area contributed by atoms with Crippen molar-refractivity contribution in [2.75, 3.05) is 5.32 Å². The molecule has 0 fully saturated rings. The number of carboxylic acids is 1. The third-order valence-electron chi connectivity index (χ3n) is 2.38. The van der Waals surface area contributed by atoms with Gasteiger partial charge in [0, 0.05) is 16.4 Å². The van der Waals surface area contributed by atoms with Crippen molar-refractivity contribution < 1.29 is 9.90 Å². The Hall–Kier alpha value is -1.88. The molecule has 0 amide bonds. The van der Waals surface area contributed by atoms with E-state index in [1.807, 2.05) is 25.1 Å². The van der Waals surface area contributed by atoms with E-state index in [9.17, 15) is 4.79 Å². The van der Waals surface area contributed by atoms with Gasteiger partial charge >= 0.3 is 5.97 Å². The maximum Gasteiger partial charge on any atom is 0.354 e. The highest BCUT2D eigenvalue weighted by Gasteiger charge is 2.06. The molecule has 0 aliphatic carbocycles. The van der Waals surface area contributed by atoms with Crippen LogP contribution in [0.15, 0.2) is 41.0 Å². The molecular formula is C13H11BrN2O2. The van der Waals surface area contributed by atoms with Gasteiger partial charge in [-0.25, -0.2) is 9.78 Å². The van der Waals surface area contributed by atoms with Crippen molar-refractivity contribution in [1.29, 1.82) is 0 Å². The van der Waals surface area contributed by atoms with E-state index in [-0.39, 0.29) is 5.69 Å². The van der Waals surface area contributed by atoms with Crippen molar-refractivity contribution in [2.24, 2.45) is 0 Å². The van der Waals surface area contributed by atoms with Crippen molar-refractivity contribution in [3.05, 3.63) is 52.3 Å². The molecule has 0 aliphatic rings. The van der Waals surface area contributed by atoms with Crippen LogP contribution < -0.4 is 5.32 Å². The molecule has 5 heteroatoms. The summed E-state index contributed by atoms with van der Waals surface area (Å²) in [5, 5.41) is 12.0. The fraction of sp³-hybridized carbons (Fsp3) is 0.0769. The smallest absolute Gasteiger partial charge is 0.354 e. The van der Waals surface area contributed by atoms with Crippen LogP contribution in [-0.2, 0) is 0 Å². The number of anilines is 2. The first-order valence-electron chi connectivity index (χ1n) is 5.29. The number of nitrogens with zero attached hydrogens (tertiary/aromatic N) is 1. The van der Waals surface area contributed by atoms with Crippen LogP contribution in [0.4, 0.5) is 11.4 Å². The van der Waals surface area contributed by atoms with Crippen molar-refractivity contribution in [1.82, 2.24) is 4.98 Å². The topological polar surface area (TPSA) is 62.2 Å². The monoisotopic (exact) mass is 306 g/mol. The SMILES string of the molecule is Cc1ccc(Br)c(Nc2ccnc(C(=O)O)c2)c1. The summed E-state index contributed by atoms with van der Waals surface area (Å²) in [5.74, 6) is -1.04. The fourth-order valence-corrected chi connectivity index (χ4v) is 1.86. The zero-order valence-corrected chi connectivity index (χ0v) is 11.2. The lowest BCUT2D eigenvalue weighted by Gasteiger charge is -2.09. The molecule has 0 spiro atoms. The molecule has 0 aliphatic heterocycles. The molecule has 0 unspecified atom stereocenters. The highest BCUT2D eigenvalue weighted by molar-refractivity contribution is 9.10. The van der Waals surface area contributed by atoms with Gasteiger partial charge in [-0.15, -0.1) is 0 Å². The normalized spacial score (nSPS) is 10.1. The van der Waals surface area contributed by atoms with E-state index < -0.39 is 5.97 Å². The minimum absolute atomic E-state index is 0.0174. The molecule has 18 heavy (non-hydrogen) atoms. The van der Waals surface area contributed by atoms with E-state index >= 15 is 0 Å². The summed E-state index contributed by atoms with van der Waals surface area (Å²) in [5.41, 5.74) is 2.71. The number of nitrogens with one attached hydrogen (secondary N) is 1. The van der Waals surface area contributed by atoms with Gasteiger partial charge in [0.2, 0.25) is 0 Å². The highest BCUT2D eigenvalue weighted by Crippen LogP contribution is 2.26. The summed E-state index contributed by atoms with van der Waals surface area (Å²) < 4.78 is 0.918.